The number of ether oxygens (including phenoxy) is 2. The van der Waals surface area contributed by atoms with Crippen molar-refractivity contribution >= 4 is 12.4 Å². The third kappa shape index (κ3) is 2.83. The van der Waals surface area contributed by atoms with Gasteiger partial charge in [-0.3, -0.25) is 4.90 Å². The first-order valence-corrected chi connectivity index (χ1v) is 5.73. The largest absolute Gasteiger partial charge is 0.454 e. The molecule has 2 aliphatic heterocycles. The Hall–Kier alpha value is -0.970. The molecule has 0 atom stereocenters. The average molecular weight is 257 g/mol. The predicted octanol–water partition coefficient (Wildman–Crippen LogP) is 1.24. The number of hydrogen-bond acceptors (Lipinski definition) is 4. The second-order valence-corrected chi connectivity index (χ2v) is 4.21. The number of rotatable bonds is 2. The van der Waals surface area contributed by atoms with E-state index in [9.17, 15) is 0 Å². The van der Waals surface area contributed by atoms with Gasteiger partial charge in [0, 0.05) is 32.7 Å². The minimum Gasteiger partial charge on any atom is -0.454 e. The predicted molar refractivity (Wildman–Crippen MR) is 68.0 cm³/mol. The second-order valence-electron chi connectivity index (χ2n) is 4.21. The monoisotopic (exact) mass is 256 g/mol. The van der Waals surface area contributed by atoms with Crippen molar-refractivity contribution in [2.75, 3.05) is 33.0 Å². The van der Waals surface area contributed by atoms with Crippen LogP contribution in [0.2, 0.25) is 0 Å². The molecule has 1 aromatic rings. The third-order valence-corrected chi connectivity index (χ3v) is 3.05. The van der Waals surface area contributed by atoms with E-state index in [-0.39, 0.29) is 12.4 Å². The maximum atomic E-state index is 5.38. The van der Waals surface area contributed by atoms with E-state index in [0.717, 1.165) is 44.2 Å². The zero-order valence-electron chi connectivity index (χ0n) is 9.65. The molecule has 1 N–H and O–H groups in total. The summed E-state index contributed by atoms with van der Waals surface area (Å²) in [6, 6.07) is 6.21. The van der Waals surface area contributed by atoms with Gasteiger partial charge in [0.2, 0.25) is 6.79 Å². The molecule has 0 amide bonds. The molecule has 3 rings (SSSR count). The summed E-state index contributed by atoms with van der Waals surface area (Å²) >= 11 is 0. The SMILES string of the molecule is Cl.c1cc2c(cc1CN1CCNCC1)OCO2. The van der Waals surface area contributed by atoms with E-state index in [1.165, 1.54) is 5.56 Å². The number of fused-ring (bicyclic) bond motifs is 1. The highest BCUT2D eigenvalue weighted by Gasteiger charge is 2.15. The van der Waals surface area contributed by atoms with E-state index in [2.05, 4.69) is 22.3 Å². The summed E-state index contributed by atoms with van der Waals surface area (Å²) in [4.78, 5) is 2.45. The lowest BCUT2D eigenvalue weighted by Gasteiger charge is -2.27. The van der Waals surface area contributed by atoms with Gasteiger partial charge in [0.25, 0.3) is 0 Å². The molecule has 5 heteroatoms. The molecule has 4 nitrogen and oxygen atoms in total. The molecule has 2 heterocycles. The normalized spacial score (nSPS) is 18.8. The fraction of sp³-hybridized carbons (Fsp3) is 0.500. The quantitative estimate of drug-likeness (QED) is 0.863. The van der Waals surface area contributed by atoms with E-state index in [4.69, 9.17) is 9.47 Å². The van der Waals surface area contributed by atoms with E-state index in [1.54, 1.807) is 0 Å². The Bertz CT molecular complexity index is 381. The van der Waals surface area contributed by atoms with Gasteiger partial charge in [-0.1, -0.05) is 6.07 Å². The fourth-order valence-corrected chi connectivity index (χ4v) is 2.17. The van der Waals surface area contributed by atoms with Crippen LogP contribution >= 0.6 is 12.4 Å². The van der Waals surface area contributed by atoms with Gasteiger partial charge in [0.05, 0.1) is 0 Å². The van der Waals surface area contributed by atoms with Gasteiger partial charge < -0.3 is 14.8 Å². The van der Waals surface area contributed by atoms with Gasteiger partial charge in [0.1, 0.15) is 0 Å². The summed E-state index contributed by atoms with van der Waals surface area (Å²) in [5.41, 5.74) is 1.30. The molecular formula is C12H17ClN2O2. The van der Waals surface area contributed by atoms with E-state index < -0.39 is 0 Å². The summed E-state index contributed by atoms with van der Waals surface area (Å²) in [5, 5.41) is 3.36. The van der Waals surface area contributed by atoms with Crippen LogP contribution in [0.5, 0.6) is 11.5 Å². The van der Waals surface area contributed by atoms with Crippen molar-refractivity contribution in [3.05, 3.63) is 23.8 Å². The average Bonchev–Trinajstić information content (AvgIpc) is 2.77. The molecule has 0 saturated carbocycles. The molecule has 0 aliphatic carbocycles. The van der Waals surface area contributed by atoms with Crippen molar-refractivity contribution < 1.29 is 9.47 Å². The minimum absolute atomic E-state index is 0. The highest BCUT2D eigenvalue weighted by molar-refractivity contribution is 5.85. The molecule has 94 valence electrons. The zero-order chi connectivity index (χ0) is 10.8. The minimum atomic E-state index is 0. The molecule has 0 spiro atoms. The lowest BCUT2D eigenvalue weighted by atomic mass is 10.2. The second kappa shape index (κ2) is 5.58. The van der Waals surface area contributed by atoms with Crippen molar-refractivity contribution in [3.8, 4) is 11.5 Å². The molecule has 0 aromatic heterocycles. The molecule has 1 saturated heterocycles. The van der Waals surface area contributed by atoms with Gasteiger partial charge in [-0.15, -0.1) is 12.4 Å². The van der Waals surface area contributed by atoms with Gasteiger partial charge >= 0.3 is 0 Å². The summed E-state index contributed by atoms with van der Waals surface area (Å²) in [7, 11) is 0. The Morgan fingerprint density at radius 3 is 2.71 bits per heavy atom. The van der Waals surface area contributed by atoms with E-state index >= 15 is 0 Å². The lowest BCUT2D eigenvalue weighted by Crippen LogP contribution is -2.42. The van der Waals surface area contributed by atoms with Crippen LogP contribution in [-0.4, -0.2) is 37.9 Å². The van der Waals surface area contributed by atoms with Gasteiger partial charge in [0.15, 0.2) is 11.5 Å². The first-order chi connectivity index (χ1) is 7.92. The molecule has 2 aliphatic rings. The van der Waals surface area contributed by atoms with Crippen LogP contribution in [-0.2, 0) is 6.54 Å². The summed E-state index contributed by atoms with van der Waals surface area (Å²) in [6.07, 6.45) is 0. The van der Waals surface area contributed by atoms with Crippen LogP contribution in [0.25, 0.3) is 0 Å². The van der Waals surface area contributed by atoms with Crippen molar-refractivity contribution in [3.63, 3.8) is 0 Å². The maximum absolute atomic E-state index is 5.38. The van der Waals surface area contributed by atoms with Crippen molar-refractivity contribution in [1.29, 1.82) is 0 Å². The van der Waals surface area contributed by atoms with Crippen LogP contribution in [0.4, 0.5) is 0 Å². The Morgan fingerprint density at radius 1 is 1.12 bits per heavy atom. The first-order valence-electron chi connectivity index (χ1n) is 5.73. The highest BCUT2D eigenvalue weighted by atomic mass is 35.5. The van der Waals surface area contributed by atoms with Crippen LogP contribution in [0.15, 0.2) is 18.2 Å². The molecule has 0 bridgehead atoms. The Morgan fingerprint density at radius 2 is 1.88 bits per heavy atom. The van der Waals surface area contributed by atoms with Crippen molar-refractivity contribution in [2.45, 2.75) is 6.54 Å². The standard InChI is InChI=1S/C12H16N2O2.ClH/c1-2-11-12(16-9-15-11)7-10(1)8-14-5-3-13-4-6-14;/h1-2,7,13H,3-6,8-9H2;1H. The number of benzene rings is 1. The Labute approximate surface area is 107 Å². The van der Waals surface area contributed by atoms with Crippen LogP contribution in [0.1, 0.15) is 5.56 Å². The van der Waals surface area contributed by atoms with Crippen molar-refractivity contribution in [2.24, 2.45) is 0 Å². The van der Waals surface area contributed by atoms with E-state index in [1.807, 2.05) is 6.07 Å². The van der Waals surface area contributed by atoms with Gasteiger partial charge in [-0.2, -0.15) is 0 Å². The number of nitrogens with one attached hydrogen (secondary N) is 1. The maximum Gasteiger partial charge on any atom is 0.231 e. The zero-order valence-corrected chi connectivity index (χ0v) is 10.5. The fourth-order valence-electron chi connectivity index (χ4n) is 2.17. The number of nitrogens with zero attached hydrogens (tertiary/aromatic N) is 1. The van der Waals surface area contributed by atoms with Crippen LogP contribution in [0.3, 0.4) is 0 Å². The highest BCUT2D eigenvalue weighted by Crippen LogP contribution is 2.32. The topological polar surface area (TPSA) is 33.7 Å². The first kappa shape index (κ1) is 12.5. The summed E-state index contributed by atoms with van der Waals surface area (Å²) in [6.45, 7) is 5.77. The molecule has 1 aromatic carbocycles. The molecule has 0 unspecified atom stereocenters. The van der Waals surface area contributed by atoms with Crippen LogP contribution < -0.4 is 14.8 Å². The lowest BCUT2D eigenvalue weighted by molar-refractivity contribution is 0.174. The molecule has 17 heavy (non-hydrogen) atoms. The number of piperazine rings is 1. The van der Waals surface area contributed by atoms with E-state index in [0.29, 0.717) is 6.79 Å². The summed E-state index contributed by atoms with van der Waals surface area (Å²) in [5.74, 6) is 1.75. The number of hydrogen-bond donors (Lipinski definition) is 1. The smallest absolute Gasteiger partial charge is 0.231 e. The molecule has 1 fully saturated rings. The Kier molecular flexibility index (Phi) is 4.10. The van der Waals surface area contributed by atoms with Gasteiger partial charge in [-0.05, 0) is 17.7 Å². The van der Waals surface area contributed by atoms with Gasteiger partial charge in [-0.25, -0.2) is 0 Å². The number of halogens is 1. The Balaban J connectivity index is 0.00000108. The van der Waals surface area contributed by atoms with Crippen LogP contribution in [0, 0.1) is 0 Å². The third-order valence-electron chi connectivity index (χ3n) is 3.05. The molecular weight excluding hydrogens is 240 g/mol. The molecule has 0 radical (unpaired) electrons. The summed E-state index contributed by atoms with van der Waals surface area (Å²) < 4.78 is 10.7. The van der Waals surface area contributed by atoms with Crippen molar-refractivity contribution in [1.82, 2.24) is 10.2 Å².